The summed E-state index contributed by atoms with van der Waals surface area (Å²) in [7, 11) is 0. The maximum Gasteiger partial charge on any atom is 0.416 e. The Morgan fingerprint density at radius 3 is 2.62 bits per heavy atom. The zero-order chi connectivity index (χ0) is 14.9. The fraction of sp³-hybridized carbons (Fsp3) is 0.500. The van der Waals surface area contributed by atoms with Crippen molar-refractivity contribution in [1.82, 2.24) is 10.2 Å². The third-order valence-corrected chi connectivity index (χ3v) is 3.46. The van der Waals surface area contributed by atoms with Crippen molar-refractivity contribution in [2.24, 2.45) is 0 Å². The van der Waals surface area contributed by atoms with E-state index in [0.717, 1.165) is 12.1 Å². The topological polar surface area (TPSA) is 32.3 Å². The number of rotatable bonds is 1. The van der Waals surface area contributed by atoms with E-state index in [9.17, 15) is 18.0 Å². The molecule has 1 saturated heterocycles. The third kappa shape index (κ3) is 4.11. The van der Waals surface area contributed by atoms with Crippen LogP contribution in [0.2, 0.25) is 0 Å². The molecular weight excluding hydrogens is 305 g/mol. The second-order valence-corrected chi connectivity index (χ2v) is 5.19. The molecule has 0 saturated carbocycles. The summed E-state index contributed by atoms with van der Waals surface area (Å²) in [5, 5.41) is 3.23. The number of benzene rings is 1. The highest BCUT2D eigenvalue weighted by Crippen LogP contribution is 2.30. The number of nitrogens with zero attached hydrogens (tertiary/aromatic N) is 1. The van der Waals surface area contributed by atoms with Crippen LogP contribution in [0.4, 0.5) is 13.2 Å². The molecule has 1 fully saturated rings. The summed E-state index contributed by atoms with van der Waals surface area (Å²) >= 11 is 0. The van der Waals surface area contributed by atoms with E-state index in [0.29, 0.717) is 13.1 Å². The SMILES string of the molecule is CC1CN(C(=O)c2cccc(C(F)(F)F)c2)C(C)CN1.Cl. The average molecular weight is 323 g/mol. The lowest BCUT2D eigenvalue weighted by atomic mass is 10.1. The van der Waals surface area contributed by atoms with Gasteiger partial charge in [-0.05, 0) is 32.0 Å². The number of hydrogen-bond acceptors (Lipinski definition) is 2. The lowest BCUT2D eigenvalue weighted by Crippen LogP contribution is -2.56. The monoisotopic (exact) mass is 322 g/mol. The van der Waals surface area contributed by atoms with Crippen LogP contribution in [0.1, 0.15) is 29.8 Å². The van der Waals surface area contributed by atoms with E-state index >= 15 is 0 Å². The Bertz CT molecular complexity index is 507. The quantitative estimate of drug-likeness (QED) is 0.862. The molecule has 1 heterocycles. The lowest BCUT2D eigenvalue weighted by Gasteiger charge is -2.37. The van der Waals surface area contributed by atoms with Gasteiger partial charge in [-0.2, -0.15) is 13.2 Å². The summed E-state index contributed by atoms with van der Waals surface area (Å²) in [6.07, 6.45) is -4.43. The fourth-order valence-corrected chi connectivity index (χ4v) is 2.30. The van der Waals surface area contributed by atoms with Crippen LogP contribution in [0, 0.1) is 0 Å². The minimum atomic E-state index is -4.43. The summed E-state index contributed by atoms with van der Waals surface area (Å²) in [6, 6.07) is 4.69. The van der Waals surface area contributed by atoms with Gasteiger partial charge in [0.15, 0.2) is 0 Å². The zero-order valence-corrected chi connectivity index (χ0v) is 12.6. The maximum absolute atomic E-state index is 12.7. The molecule has 3 nitrogen and oxygen atoms in total. The molecule has 0 bridgehead atoms. The standard InChI is InChI=1S/C14H17F3N2O.ClH/c1-9-8-19(10(2)7-18-9)13(20)11-4-3-5-12(6-11)14(15,16)17;/h3-6,9-10,18H,7-8H2,1-2H3;1H. The van der Waals surface area contributed by atoms with Gasteiger partial charge in [0.1, 0.15) is 0 Å². The normalized spacial score (nSPS) is 22.6. The van der Waals surface area contributed by atoms with Gasteiger partial charge in [-0.3, -0.25) is 4.79 Å². The molecule has 0 aromatic heterocycles. The first kappa shape index (κ1) is 17.8. The molecule has 1 N–H and O–H groups in total. The summed E-state index contributed by atoms with van der Waals surface area (Å²) < 4.78 is 38.0. The highest BCUT2D eigenvalue weighted by molar-refractivity contribution is 5.94. The molecular formula is C14H18ClF3N2O. The highest BCUT2D eigenvalue weighted by atomic mass is 35.5. The number of nitrogens with one attached hydrogen (secondary N) is 1. The van der Waals surface area contributed by atoms with E-state index < -0.39 is 11.7 Å². The summed E-state index contributed by atoms with van der Waals surface area (Å²) in [5.41, 5.74) is -0.708. The number of alkyl halides is 3. The molecule has 1 aliphatic rings. The molecule has 2 atom stereocenters. The average Bonchev–Trinajstić information content (AvgIpc) is 2.40. The molecule has 2 unspecified atom stereocenters. The summed E-state index contributed by atoms with van der Waals surface area (Å²) in [5.74, 6) is -0.350. The summed E-state index contributed by atoms with van der Waals surface area (Å²) in [4.78, 5) is 14.0. The molecule has 1 aromatic rings. The van der Waals surface area contributed by atoms with Crippen molar-refractivity contribution in [2.45, 2.75) is 32.1 Å². The number of halogens is 4. The molecule has 118 valence electrons. The van der Waals surface area contributed by atoms with Crippen LogP contribution in [0.25, 0.3) is 0 Å². The van der Waals surface area contributed by atoms with Gasteiger partial charge >= 0.3 is 6.18 Å². The van der Waals surface area contributed by atoms with E-state index in [2.05, 4.69) is 5.32 Å². The molecule has 21 heavy (non-hydrogen) atoms. The first-order valence-corrected chi connectivity index (χ1v) is 6.50. The van der Waals surface area contributed by atoms with Gasteiger partial charge in [0, 0.05) is 30.7 Å². The van der Waals surface area contributed by atoms with Crippen molar-refractivity contribution in [1.29, 1.82) is 0 Å². The molecule has 7 heteroatoms. The van der Waals surface area contributed by atoms with Gasteiger partial charge in [-0.25, -0.2) is 0 Å². The van der Waals surface area contributed by atoms with Gasteiger partial charge in [0.05, 0.1) is 5.56 Å². The van der Waals surface area contributed by atoms with Gasteiger partial charge in [0.25, 0.3) is 5.91 Å². The number of amides is 1. The molecule has 1 aliphatic heterocycles. The van der Waals surface area contributed by atoms with Crippen molar-refractivity contribution < 1.29 is 18.0 Å². The van der Waals surface area contributed by atoms with Gasteiger partial charge in [-0.15, -0.1) is 12.4 Å². The highest BCUT2D eigenvalue weighted by Gasteiger charge is 2.32. The number of piperazine rings is 1. The summed E-state index contributed by atoms with van der Waals surface area (Å²) in [6.45, 7) is 4.96. The van der Waals surface area contributed by atoms with Crippen molar-refractivity contribution >= 4 is 18.3 Å². The molecule has 0 spiro atoms. The first-order valence-electron chi connectivity index (χ1n) is 6.50. The van der Waals surface area contributed by atoms with E-state index in [-0.39, 0.29) is 36.0 Å². The minimum Gasteiger partial charge on any atom is -0.333 e. The molecule has 1 aromatic carbocycles. The predicted molar refractivity (Wildman–Crippen MR) is 76.7 cm³/mol. The number of carbonyl (C=O) groups is 1. The van der Waals surface area contributed by atoms with E-state index in [4.69, 9.17) is 0 Å². The predicted octanol–water partition coefficient (Wildman–Crippen LogP) is 2.95. The molecule has 2 rings (SSSR count). The Morgan fingerprint density at radius 1 is 1.33 bits per heavy atom. The number of hydrogen-bond donors (Lipinski definition) is 1. The Morgan fingerprint density at radius 2 is 2.00 bits per heavy atom. The Kier molecular flexibility index (Phi) is 5.64. The molecule has 0 radical (unpaired) electrons. The molecule has 0 aliphatic carbocycles. The van der Waals surface area contributed by atoms with Crippen LogP contribution < -0.4 is 5.32 Å². The zero-order valence-electron chi connectivity index (χ0n) is 11.8. The molecule has 1 amide bonds. The van der Waals surface area contributed by atoms with Crippen molar-refractivity contribution in [3.05, 3.63) is 35.4 Å². The van der Waals surface area contributed by atoms with E-state index in [1.165, 1.54) is 12.1 Å². The first-order chi connectivity index (χ1) is 9.29. The maximum atomic E-state index is 12.7. The second kappa shape index (κ2) is 6.66. The van der Waals surface area contributed by atoms with Crippen molar-refractivity contribution in [2.75, 3.05) is 13.1 Å². The largest absolute Gasteiger partial charge is 0.416 e. The Balaban J connectivity index is 0.00000220. The smallest absolute Gasteiger partial charge is 0.333 e. The lowest BCUT2D eigenvalue weighted by molar-refractivity contribution is -0.137. The van der Waals surface area contributed by atoms with Crippen molar-refractivity contribution in [3.8, 4) is 0 Å². The van der Waals surface area contributed by atoms with Gasteiger partial charge < -0.3 is 10.2 Å². The fourth-order valence-electron chi connectivity index (χ4n) is 2.30. The van der Waals surface area contributed by atoms with E-state index in [1.807, 2.05) is 13.8 Å². The Hall–Kier alpha value is -1.27. The van der Waals surface area contributed by atoms with Crippen molar-refractivity contribution in [3.63, 3.8) is 0 Å². The van der Waals surface area contributed by atoms with Crippen LogP contribution in [0.15, 0.2) is 24.3 Å². The van der Waals surface area contributed by atoms with Crippen LogP contribution in [0.3, 0.4) is 0 Å². The van der Waals surface area contributed by atoms with Crippen LogP contribution in [-0.2, 0) is 6.18 Å². The third-order valence-electron chi connectivity index (χ3n) is 3.46. The van der Waals surface area contributed by atoms with Crippen LogP contribution in [-0.4, -0.2) is 36.0 Å². The van der Waals surface area contributed by atoms with Crippen LogP contribution in [0.5, 0.6) is 0 Å². The van der Waals surface area contributed by atoms with Gasteiger partial charge in [0.2, 0.25) is 0 Å². The van der Waals surface area contributed by atoms with Gasteiger partial charge in [-0.1, -0.05) is 6.07 Å². The second-order valence-electron chi connectivity index (χ2n) is 5.19. The van der Waals surface area contributed by atoms with Crippen LogP contribution >= 0.6 is 12.4 Å². The number of carbonyl (C=O) groups excluding carboxylic acids is 1. The Labute approximate surface area is 127 Å². The van der Waals surface area contributed by atoms with E-state index in [1.54, 1.807) is 4.90 Å². The minimum absolute atomic E-state index is 0.